The Bertz CT molecular complexity index is 521. The summed E-state index contributed by atoms with van der Waals surface area (Å²) in [7, 11) is 4.03. The Balaban J connectivity index is 2.65. The van der Waals surface area contributed by atoms with Crippen molar-refractivity contribution in [3.05, 3.63) is 35.0 Å². The number of rotatable bonds is 2. The summed E-state index contributed by atoms with van der Waals surface area (Å²) >= 11 is 6.26. The molecule has 0 aliphatic rings. The first kappa shape index (κ1) is 11.2. The molecule has 1 aromatic heterocycles. The molecule has 0 bridgehead atoms. The molecule has 16 heavy (non-hydrogen) atoms. The van der Waals surface area contributed by atoms with Gasteiger partial charge in [-0.05, 0) is 30.7 Å². The third kappa shape index (κ3) is 1.98. The van der Waals surface area contributed by atoms with Gasteiger partial charge in [0.2, 0.25) is 0 Å². The highest BCUT2D eigenvalue weighted by Crippen LogP contribution is 2.27. The largest absolute Gasteiger partial charge is 0.378 e. The van der Waals surface area contributed by atoms with Crippen molar-refractivity contribution in [1.29, 1.82) is 0 Å². The van der Waals surface area contributed by atoms with Crippen molar-refractivity contribution in [2.75, 3.05) is 19.0 Å². The van der Waals surface area contributed by atoms with E-state index in [0.29, 0.717) is 0 Å². The van der Waals surface area contributed by atoms with Gasteiger partial charge in [-0.2, -0.15) is 0 Å². The van der Waals surface area contributed by atoms with Gasteiger partial charge in [0.15, 0.2) is 0 Å². The summed E-state index contributed by atoms with van der Waals surface area (Å²) in [5.41, 5.74) is 3.14. The number of hydrogen-bond donors (Lipinski definition) is 0. The zero-order chi connectivity index (χ0) is 11.7. The molecule has 2 nitrogen and oxygen atoms in total. The molecule has 0 fully saturated rings. The molecule has 0 atom stereocenters. The highest BCUT2D eigenvalue weighted by molar-refractivity contribution is 6.35. The molecule has 0 saturated heterocycles. The Morgan fingerprint density at radius 2 is 2.00 bits per heavy atom. The maximum absolute atomic E-state index is 6.26. The molecule has 1 aromatic carbocycles. The summed E-state index contributed by atoms with van der Waals surface area (Å²) in [5.74, 6) is 0. The van der Waals surface area contributed by atoms with Crippen molar-refractivity contribution in [2.24, 2.45) is 0 Å². The van der Waals surface area contributed by atoms with E-state index < -0.39 is 0 Å². The zero-order valence-corrected chi connectivity index (χ0v) is 10.5. The summed E-state index contributed by atoms with van der Waals surface area (Å²) in [6.45, 7) is 2.08. The van der Waals surface area contributed by atoms with Crippen LogP contribution in [0.3, 0.4) is 0 Å². The highest BCUT2D eigenvalue weighted by atomic mass is 35.5. The lowest BCUT2D eigenvalue weighted by Crippen LogP contribution is -2.08. The summed E-state index contributed by atoms with van der Waals surface area (Å²) in [6.07, 6.45) is 0.908. The van der Waals surface area contributed by atoms with Crippen LogP contribution >= 0.6 is 11.6 Å². The van der Waals surface area contributed by atoms with Gasteiger partial charge in [-0.25, -0.2) is 0 Å². The van der Waals surface area contributed by atoms with Crippen LogP contribution in [0.5, 0.6) is 0 Å². The van der Waals surface area contributed by atoms with Crippen LogP contribution in [0.2, 0.25) is 5.02 Å². The van der Waals surface area contributed by atoms with Gasteiger partial charge in [-0.1, -0.05) is 18.5 Å². The maximum Gasteiger partial charge on any atom is 0.0721 e. The molecular formula is C13H15ClN2. The summed E-state index contributed by atoms with van der Waals surface area (Å²) in [5, 5.41) is 1.80. The minimum atomic E-state index is 0.783. The molecule has 2 rings (SSSR count). The molecule has 0 radical (unpaired) electrons. The van der Waals surface area contributed by atoms with Crippen LogP contribution in [0.25, 0.3) is 10.9 Å². The monoisotopic (exact) mass is 234 g/mol. The Morgan fingerprint density at radius 1 is 1.25 bits per heavy atom. The number of benzene rings is 1. The van der Waals surface area contributed by atoms with Crippen molar-refractivity contribution in [1.82, 2.24) is 4.98 Å². The normalized spacial score (nSPS) is 10.8. The van der Waals surface area contributed by atoms with Gasteiger partial charge >= 0.3 is 0 Å². The Hall–Kier alpha value is -1.28. The maximum atomic E-state index is 6.26. The van der Waals surface area contributed by atoms with E-state index in [2.05, 4.69) is 28.9 Å². The minimum Gasteiger partial charge on any atom is -0.378 e. The van der Waals surface area contributed by atoms with Crippen LogP contribution in [0.4, 0.5) is 5.69 Å². The fraction of sp³-hybridized carbons (Fsp3) is 0.308. The second-order valence-corrected chi connectivity index (χ2v) is 4.45. The third-order valence-electron chi connectivity index (χ3n) is 2.67. The number of nitrogens with zero attached hydrogens (tertiary/aromatic N) is 2. The molecule has 1 heterocycles. The number of aromatic nitrogens is 1. The topological polar surface area (TPSA) is 16.1 Å². The van der Waals surface area contributed by atoms with E-state index in [1.807, 2.05) is 26.2 Å². The Kier molecular flexibility index (Phi) is 3.01. The van der Waals surface area contributed by atoms with Gasteiger partial charge in [0, 0.05) is 30.9 Å². The smallest absolute Gasteiger partial charge is 0.0721 e. The molecule has 0 spiro atoms. The minimum absolute atomic E-state index is 0.783. The molecule has 0 saturated carbocycles. The second kappa shape index (κ2) is 4.30. The van der Waals surface area contributed by atoms with Crippen molar-refractivity contribution in [2.45, 2.75) is 13.3 Å². The van der Waals surface area contributed by atoms with Crippen molar-refractivity contribution >= 4 is 28.2 Å². The average Bonchev–Trinajstić information content (AvgIpc) is 2.28. The van der Waals surface area contributed by atoms with Gasteiger partial charge in [0.25, 0.3) is 0 Å². The third-order valence-corrected chi connectivity index (χ3v) is 2.99. The van der Waals surface area contributed by atoms with Crippen molar-refractivity contribution in [3.8, 4) is 0 Å². The van der Waals surface area contributed by atoms with Crippen LogP contribution in [-0.4, -0.2) is 19.1 Å². The van der Waals surface area contributed by atoms with E-state index in [-0.39, 0.29) is 0 Å². The van der Waals surface area contributed by atoms with E-state index in [1.165, 1.54) is 0 Å². The van der Waals surface area contributed by atoms with E-state index in [0.717, 1.165) is 33.7 Å². The number of fused-ring (bicyclic) bond motifs is 1. The van der Waals surface area contributed by atoms with E-state index in [4.69, 9.17) is 11.6 Å². The fourth-order valence-electron chi connectivity index (χ4n) is 1.68. The SMILES string of the molecule is CCc1cc(Cl)c2cc(N(C)C)ccc2n1. The van der Waals surface area contributed by atoms with E-state index in [1.54, 1.807) is 0 Å². The van der Waals surface area contributed by atoms with Crippen LogP contribution in [-0.2, 0) is 6.42 Å². The predicted molar refractivity (Wildman–Crippen MR) is 70.5 cm³/mol. The lowest BCUT2D eigenvalue weighted by Gasteiger charge is -2.13. The molecule has 0 amide bonds. The summed E-state index contributed by atoms with van der Waals surface area (Å²) < 4.78 is 0. The van der Waals surface area contributed by atoms with E-state index >= 15 is 0 Å². The molecule has 0 aliphatic heterocycles. The zero-order valence-electron chi connectivity index (χ0n) is 9.79. The van der Waals surface area contributed by atoms with Crippen LogP contribution in [0.15, 0.2) is 24.3 Å². The van der Waals surface area contributed by atoms with Gasteiger partial charge in [0.1, 0.15) is 0 Å². The molecule has 3 heteroatoms. The molecule has 0 N–H and O–H groups in total. The van der Waals surface area contributed by atoms with Crippen LogP contribution < -0.4 is 4.90 Å². The Morgan fingerprint density at radius 3 is 2.62 bits per heavy atom. The molecular weight excluding hydrogens is 220 g/mol. The lowest BCUT2D eigenvalue weighted by atomic mass is 10.1. The predicted octanol–water partition coefficient (Wildman–Crippen LogP) is 3.52. The van der Waals surface area contributed by atoms with E-state index in [9.17, 15) is 0 Å². The number of pyridine rings is 1. The Labute approximate surface area is 101 Å². The average molecular weight is 235 g/mol. The van der Waals surface area contributed by atoms with Crippen molar-refractivity contribution in [3.63, 3.8) is 0 Å². The molecule has 0 unspecified atom stereocenters. The van der Waals surface area contributed by atoms with Crippen molar-refractivity contribution < 1.29 is 0 Å². The second-order valence-electron chi connectivity index (χ2n) is 4.04. The number of aryl methyl sites for hydroxylation is 1. The van der Waals surface area contributed by atoms with Gasteiger partial charge < -0.3 is 4.90 Å². The van der Waals surface area contributed by atoms with Crippen LogP contribution in [0.1, 0.15) is 12.6 Å². The first-order valence-corrected chi connectivity index (χ1v) is 5.76. The first-order chi connectivity index (χ1) is 7.61. The standard InChI is InChI=1S/C13H15ClN2/c1-4-9-7-12(14)11-8-10(16(2)3)5-6-13(11)15-9/h5-8H,4H2,1-3H3. The number of halogens is 1. The number of hydrogen-bond acceptors (Lipinski definition) is 2. The van der Waals surface area contributed by atoms with Gasteiger partial charge in [0.05, 0.1) is 10.5 Å². The molecule has 84 valence electrons. The summed E-state index contributed by atoms with van der Waals surface area (Å²) in [6, 6.07) is 8.11. The fourth-order valence-corrected chi connectivity index (χ4v) is 1.96. The lowest BCUT2D eigenvalue weighted by molar-refractivity contribution is 1.06. The number of anilines is 1. The quantitative estimate of drug-likeness (QED) is 0.791. The van der Waals surface area contributed by atoms with Gasteiger partial charge in [-0.3, -0.25) is 4.98 Å². The molecule has 2 aromatic rings. The first-order valence-electron chi connectivity index (χ1n) is 5.38. The van der Waals surface area contributed by atoms with Crippen LogP contribution in [0, 0.1) is 0 Å². The summed E-state index contributed by atoms with van der Waals surface area (Å²) in [4.78, 5) is 6.61. The highest BCUT2D eigenvalue weighted by Gasteiger charge is 2.05. The molecule has 0 aliphatic carbocycles. The van der Waals surface area contributed by atoms with Gasteiger partial charge in [-0.15, -0.1) is 0 Å².